The maximum atomic E-state index is 12.2. The van der Waals surface area contributed by atoms with E-state index in [9.17, 15) is 24.6 Å². The first kappa shape index (κ1) is 21.6. The minimum Gasteiger partial charge on any atom is -0.481 e. The monoisotopic (exact) mass is 413 g/mol. The van der Waals surface area contributed by atoms with Crippen LogP contribution in [0.2, 0.25) is 0 Å². The van der Waals surface area contributed by atoms with E-state index in [0.29, 0.717) is 31.3 Å². The topological polar surface area (TPSA) is 113 Å². The zero-order chi connectivity index (χ0) is 21.7. The molecule has 0 heterocycles. The number of carbonyl (C=O) groups is 3. The molecule has 7 heteroatoms. The van der Waals surface area contributed by atoms with Crippen molar-refractivity contribution >= 4 is 18.0 Å². The molecule has 2 aliphatic rings. The number of ether oxygens (including phenoxy) is 1. The highest BCUT2D eigenvalue weighted by Crippen LogP contribution is 2.47. The molecule has 0 radical (unpaired) electrons. The Morgan fingerprint density at radius 3 is 2.37 bits per heavy atom. The van der Waals surface area contributed by atoms with Crippen LogP contribution in [0.3, 0.4) is 0 Å². The highest BCUT2D eigenvalue weighted by atomic mass is 16.5. The van der Waals surface area contributed by atoms with Crippen LogP contribution in [0.15, 0.2) is 53.6 Å². The van der Waals surface area contributed by atoms with Gasteiger partial charge in [-0.2, -0.15) is 0 Å². The Balaban J connectivity index is 1.57. The Morgan fingerprint density at radius 1 is 1.10 bits per heavy atom. The zero-order valence-electron chi connectivity index (χ0n) is 17.0. The van der Waals surface area contributed by atoms with Gasteiger partial charge in [0.1, 0.15) is 6.61 Å². The van der Waals surface area contributed by atoms with E-state index in [1.54, 1.807) is 19.1 Å². The minimum absolute atomic E-state index is 0.0170. The quantitative estimate of drug-likeness (QED) is 0.652. The number of hydrogen-bond donors (Lipinski definition) is 3. The molecule has 1 atom stereocenters. The number of alkyl carbamates (subject to hydrolysis) is 1. The van der Waals surface area contributed by atoms with Crippen molar-refractivity contribution in [3.05, 3.63) is 59.2 Å². The van der Waals surface area contributed by atoms with E-state index < -0.39 is 23.4 Å². The van der Waals surface area contributed by atoms with Crippen LogP contribution in [0.25, 0.3) is 0 Å². The van der Waals surface area contributed by atoms with Crippen molar-refractivity contribution in [2.75, 3.05) is 0 Å². The summed E-state index contributed by atoms with van der Waals surface area (Å²) in [5, 5.41) is 22.2. The van der Waals surface area contributed by atoms with Crippen LogP contribution in [0.4, 0.5) is 4.79 Å². The molecule has 1 aromatic rings. The summed E-state index contributed by atoms with van der Waals surface area (Å²) in [6, 6.07) is 9.32. The summed E-state index contributed by atoms with van der Waals surface area (Å²) in [4.78, 5) is 35.8. The summed E-state index contributed by atoms with van der Waals surface area (Å²) in [6.07, 6.45) is 5.17. The van der Waals surface area contributed by atoms with Gasteiger partial charge in [-0.1, -0.05) is 42.0 Å². The molecule has 0 saturated heterocycles. The zero-order valence-corrected chi connectivity index (χ0v) is 17.0. The fourth-order valence-corrected chi connectivity index (χ4v) is 4.54. The van der Waals surface area contributed by atoms with E-state index in [0.717, 1.165) is 5.56 Å². The molecule has 1 fully saturated rings. The molecule has 160 valence electrons. The van der Waals surface area contributed by atoms with Gasteiger partial charge in [-0.15, -0.1) is 0 Å². The summed E-state index contributed by atoms with van der Waals surface area (Å²) in [7, 11) is 0. The largest absolute Gasteiger partial charge is 0.481 e. The normalized spacial score (nSPS) is 26.2. The van der Waals surface area contributed by atoms with Crippen molar-refractivity contribution in [2.24, 2.45) is 11.3 Å². The second kappa shape index (κ2) is 9.15. The van der Waals surface area contributed by atoms with Crippen LogP contribution in [0, 0.1) is 11.3 Å². The Hall–Kier alpha value is -3.09. The van der Waals surface area contributed by atoms with Crippen LogP contribution in [-0.2, 0) is 20.9 Å². The molecule has 3 N–H and O–H groups in total. The fraction of sp³-hybridized carbons (Fsp3) is 0.435. The van der Waals surface area contributed by atoms with Gasteiger partial charge in [0.05, 0.1) is 5.41 Å². The molecule has 3 rings (SSSR count). The van der Waals surface area contributed by atoms with Gasteiger partial charge in [-0.05, 0) is 56.6 Å². The Kier molecular flexibility index (Phi) is 6.59. The first-order chi connectivity index (χ1) is 14.3. The van der Waals surface area contributed by atoms with Crippen molar-refractivity contribution in [1.29, 1.82) is 0 Å². The molecule has 1 aromatic carbocycles. The molecular formula is C23H27NO6. The SMILES string of the molecule is CC1=CC(C(=O)O)(C2CCC(NC(=O)OCc3ccccc3)CC2)CC(C(=O)O)=C1. The van der Waals surface area contributed by atoms with Gasteiger partial charge in [0.2, 0.25) is 0 Å². The van der Waals surface area contributed by atoms with Gasteiger partial charge in [0.15, 0.2) is 0 Å². The van der Waals surface area contributed by atoms with Crippen LogP contribution in [0.5, 0.6) is 0 Å². The lowest BCUT2D eigenvalue weighted by molar-refractivity contribution is -0.150. The second-order valence-corrected chi connectivity index (χ2v) is 8.14. The van der Waals surface area contributed by atoms with Crippen LogP contribution >= 0.6 is 0 Å². The van der Waals surface area contributed by atoms with Gasteiger partial charge >= 0.3 is 18.0 Å². The van der Waals surface area contributed by atoms with Gasteiger partial charge in [-0.25, -0.2) is 9.59 Å². The van der Waals surface area contributed by atoms with E-state index in [-0.39, 0.29) is 30.6 Å². The Labute approximate surface area is 175 Å². The number of aliphatic carboxylic acids is 2. The Morgan fingerprint density at radius 2 is 1.77 bits per heavy atom. The number of hydrogen-bond acceptors (Lipinski definition) is 4. The third kappa shape index (κ3) is 4.90. The first-order valence-electron chi connectivity index (χ1n) is 10.1. The van der Waals surface area contributed by atoms with Crippen LogP contribution in [0.1, 0.15) is 44.6 Å². The second-order valence-electron chi connectivity index (χ2n) is 8.14. The van der Waals surface area contributed by atoms with Crippen LogP contribution < -0.4 is 5.32 Å². The number of carboxylic acid groups (broad SMARTS) is 2. The molecule has 2 aliphatic carbocycles. The lowest BCUT2D eigenvalue weighted by Gasteiger charge is -2.41. The number of benzene rings is 1. The summed E-state index contributed by atoms with van der Waals surface area (Å²) in [5.41, 5.74) is 0.472. The highest BCUT2D eigenvalue weighted by molar-refractivity contribution is 5.90. The number of carbonyl (C=O) groups excluding carboxylic acids is 1. The molecule has 1 saturated carbocycles. The van der Waals surface area contributed by atoms with Crippen molar-refractivity contribution in [3.63, 3.8) is 0 Å². The van der Waals surface area contributed by atoms with E-state index in [1.807, 2.05) is 30.3 Å². The van der Waals surface area contributed by atoms with E-state index in [4.69, 9.17) is 4.74 Å². The molecular weight excluding hydrogens is 386 g/mol. The fourth-order valence-electron chi connectivity index (χ4n) is 4.54. The van der Waals surface area contributed by atoms with Crippen LogP contribution in [-0.4, -0.2) is 34.3 Å². The average molecular weight is 413 g/mol. The average Bonchev–Trinajstić information content (AvgIpc) is 2.73. The molecule has 1 unspecified atom stereocenters. The summed E-state index contributed by atoms with van der Waals surface area (Å²) >= 11 is 0. The van der Waals surface area contributed by atoms with E-state index >= 15 is 0 Å². The van der Waals surface area contributed by atoms with Crippen molar-refractivity contribution < 1.29 is 29.3 Å². The lowest BCUT2D eigenvalue weighted by atomic mass is 9.63. The van der Waals surface area contributed by atoms with E-state index in [2.05, 4.69) is 5.32 Å². The van der Waals surface area contributed by atoms with Crippen molar-refractivity contribution in [2.45, 2.75) is 51.7 Å². The number of nitrogens with one attached hydrogen (secondary N) is 1. The maximum Gasteiger partial charge on any atom is 0.407 e. The third-order valence-corrected chi connectivity index (χ3v) is 6.03. The van der Waals surface area contributed by atoms with Crippen molar-refractivity contribution in [3.8, 4) is 0 Å². The highest BCUT2D eigenvalue weighted by Gasteiger charge is 2.47. The Bertz CT molecular complexity index is 867. The van der Waals surface area contributed by atoms with Gasteiger partial charge in [0.25, 0.3) is 0 Å². The summed E-state index contributed by atoms with van der Waals surface area (Å²) < 4.78 is 5.26. The number of amides is 1. The smallest absolute Gasteiger partial charge is 0.407 e. The molecule has 0 aromatic heterocycles. The van der Waals surface area contributed by atoms with Gasteiger partial charge in [-0.3, -0.25) is 4.79 Å². The standard InChI is InChI=1S/C23H27NO6/c1-15-11-17(20(25)26)13-23(12-15,21(27)28)18-7-9-19(10-8-18)24-22(29)30-14-16-5-3-2-4-6-16/h2-6,11-12,18-19H,7-10,13-14H2,1H3,(H,24,29)(H,25,26)(H,27,28). The molecule has 0 spiro atoms. The number of rotatable bonds is 6. The van der Waals surface area contributed by atoms with E-state index in [1.165, 1.54) is 0 Å². The molecule has 7 nitrogen and oxygen atoms in total. The van der Waals surface area contributed by atoms with Gasteiger partial charge in [0, 0.05) is 11.6 Å². The minimum atomic E-state index is -1.22. The molecule has 0 aliphatic heterocycles. The first-order valence-corrected chi connectivity index (χ1v) is 10.1. The summed E-state index contributed by atoms with van der Waals surface area (Å²) in [6.45, 7) is 1.92. The molecule has 1 amide bonds. The molecule has 0 bridgehead atoms. The summed E-state index contributed by atoms with van der Waals surface area (Å²) in [5.74, 6) is -2.26. The molecule has 30 heavy (non-hydrogen) atoms. The predicted octanol–water partition coefficient (Wildman–Crippen LogP) is 3.90. The number of carboxylic acids is 2. The lowest BCUT2D eigenvalue weighted by Crippen LogP contribution is -2.45. The third-order valence-electron chi connectivity index (χ3n) is 6.03. The predicted molar refractivity (Wildman–Crippen MR) is 110 cm³/mol. The van der Waals surface area contributed by atoms with Gasteiger partial charge < -0.3 is 20.3 Å². The van der Waals surface area contributed by atoms with Crippen molar-refractivity contribution in [1.82, 2.24) is 5.32 Å². The maximum absolute atomic E-state index is 12.2. The number of allylic oxidation sites excluding steroid dienone is 2.